The summed E-state index contributed by atoms with van der Waals surface area (Å²) >= 11 is 1.72. The monoisotopic (exact) mass is 419 g/mol. The fourth-order valence-corrected chi connectivity index (χ4v) is 7.42. The first-order chi connectivity index (χ1) is 13.7. The molecule has 1 aromatic heterocycles. The third kappa shape index (κ3) is 2.74. The second-order valence-electron chi connectivity index (χ2n) is 9.76. The van der Waals surface area contributed by atoms with Crippen LogP contribution in [0.1, 0.15) is 71.7 Å². The van der Waals surface area contributed by atoms with E-state index in [1.54, 1.807) is 11.8 Å². The number of nitrogens with one attached hydrogen (secondary N) is 2. The van der Waals surface area contributed by atoms with E-state index in [4.69, 9.17) is 0 Å². The van der Waals surface area contributed by atoms with Crippen LogP contribution < -0.4 is 5.32 Å². The first-order valence-corrected chi connectivity index (χ1v) is 11.4. The third-order valence-corrected chi connectivity index (χ3v) is 8.59. The summed E-state index contributed by atoms with van der Waals surface area (Å²) in [6, 6.07) is -0.873. The van der Waals surface area contributed by atoms with E-state index in [0.29, 0.717) is 11.7 Å². The number of aromatic nitrogens is 4. The second kappa shape index (κ2) is 6.41. The van der Waals surface area contributed by atoms with Crippen molar-refractivity contribution in [3.8, 4) is 0 Å². The lowest BCUT2D eigenvalue weighted by Gasteiger charge is -2.50. The van der Waals surface area contributed by atoms with Gasteiger partial charge in [0.25, 0.3) is 0 Å². The van der Waals surface area contributed by atoms with Gasteiger partial charge in [-0.15, -0.1) is 22.0 Å². The van der Waals surface area contributed by atoms with E-state index in [9.17, 15) is 9.59 Å². The van der Waals surface area contributed by atoms with Gasteiger partial charge < -0.3 is 9.80 Å². The van der Waals surface area contributed by atoms with Gasteiger partial charge in [-0.1, -0.05) is 24.5 Å². The first kappa shape index (κ1) is 19.3. The largest absolute Gasteiger partial charge is 0.314 e. The van der Waals surface area contributed by atoms with Crippen molar-refractivity contribution >= 4 is 23.6 Å². The fraction of sp³-hybridized carbons (Fsp3) is 0.842. The lowest BCUT2D eigenvalue weighted by molar-refractivity contribution is -0.165. The average molecular weight is 420 g/mol. The molecule has 3 saturated heterocycles. The molecule has 5 rings (SSSR count). The second-order valence-corrected chi connectivity index (χ2v) is 11.5. The van der Waals surface area contributed by atoms with Crippen molar-refractivity contribution in [2.45, 2.75) is 93.7 Å². The van der Waals surface area contributed by atoms with E-state index in [2.05, 4.69) is 39.8 Å². The number of tetrazole rings is 1. The number of hydrogen-bond acceptors (Lipinski definition) is 7. The van der Waals surface area contributed by atoms with Crippen LogP contribution in [-0.4, -0.2) is 70.1 Å². The Morgan fingerprint density at radius 3 is 2.45 bits per heavy atom. The summed E-state index contributed by atoms with van der Waals surface area (Å²) < 4.78 is -0.262. The number of rotatable bonds is 3. The van der Waals surface area contributed by atoms with E-state index in [1.165, 1.54) is 19.3 Å². The number of fused-ring (bicyclic) bond motifs is 1. The van der Waals surface area contributed by atoms with Crippen molar-refractivity contribution in [2.24, 2.45) is 5.92 Å². The molecule has 0 bridgehead atoms. The molecule has 4 fully saturated rings. The van der Waals surface area contributed by atoms with E-state index >= 15 is 0 Å². The zero-order valence-corrected chi connectivity index (χ0v) is 18.2. The van der Waals surface area contributed by atoms with Crippen LogP contribution in [-0.2, 0) is 9.59 Å². The first-order valence-electron chi connectivity index (χ1n) is 10.6. The SMILES string of the molecule is CC1(C)S[C@H]2C(N3C(=O)C(C4CCCCC4)NC3(C)C)C(=O)N2C1c1nn[nH]n1. The Kier molecular flexibility index (Phi) is 4.26. The minimum absolute atomic E-state index is 0.0182. The molecule has 10 heteroatoms. The lowest BCUT2D eigenvalue weighted by atomic mass is 9.83. The van der Waals surface area contributed by atoms with Gasteiger partial charge in [-0.3, -0.25) is 14.9 Å². The minimum atomic E-state index is -0.541. The van der Waals surface area contributed by atoms with Crippen LogP contribution in [0.4, 0.5) is 0 Å². The molecule has 0 spiro atoms. The average Bonchev–Trinajstić information content (AvgIpc) is 3.33. The van der Waals surface area contributed by atoms with Crippen molar-refractivity contribution in [3.63, 3.8) is 0 Å². The van der Waals surface area contributed by atoms with Crippen LogP contribution in [0.15, 0.2) is 0 Å². The maximum Gasteiger partial charge on any atom is 0.250 e. The van der Waals surface area contributed by atoms with Gasteiger partial charge >= 0.3 is 0 Å². The van der Waals surface area contributed by atoms with E-state index in [1.807, 2.05) is 23.6 Å². The molecule has 0 radical (unpaired) electrons. The Labute approximate surface area is 174 Å². The number of carbonyl (C=O) groups is 2. The molecule has 158 valence electrons. The highest BCUT2D eigenvalue weighted by atomic mass is 32.2. The van der Waals surface area contributed by atoms with E-state index in [0.717, 1.165) is 12.8 Å². The Hall–Kier alpha value is -1.68. The summed E-state index contributed by atoms with van der Waals surface area (Å²) in [4.78, 5) is 30.5. The lowest BCUT2D eigenvalue weighted by Crippen LogP contribution is -2.71. The fourth-order valence-electron chi connectivity index (χ4n) is 5.74. The van der Waals surface area contributed by atoms with Crippen LogP contribution in [0.5, 0.6) is 0 Å². The molecule has 1 aromatic rings. The van der Waals surface area contributed by atoms with Gasteiger partial charge in [-0.2, -0.15) is 5.21 Å². The van der Waals surface area contributed by atoms with Gasteiger partial charge in [0.1, 0.15) is 17.5 Å². The van der Waals surface area contributed by atoms with Gasteiger partial charge in [0.15, 0.2) is 5.82 Å². The molecule has 3 aliphatic heterocycles. The molecular weight excluding hydrogens is 390 g/mol. The molecule has 1 aliphatic carbocycles. The number of nitrogens with zero attached hydrogens (tertiary/aromatic N) is 5. The molecule has 2 N–H and O–H groups in total. The summed E-state index contributed by atoms with van der Waals surface area (Å²) in [5.74, 6) is 0.963. The summed E-state index contributed by atoms with van der Waals surface area (Å²) in [5, 5.41) is 17.9. The van der Waals surface area contributed by atoms with Crippen molar-refractivity contribution in [1.82, 2.24) is 35.7 Å². The van der Waals surface area contributed by atoms with Crippen molar-refractivity contribution in [3.05, 3.63) is 5.82 Å². The van der Waals surface area contributed by atoms with Crippen LogP contribution in [0, 0.1) is 5.92 Å². The summed E-state index contributed by atoms with van der Waals surface area (Å²) in [6.45, 7) is 8.24. The van der Waals surface area contributed by atoms with Crippen molar-refractivity contribution in [2.75, 3.05) is 0 Å². The summed E-state index contributed by atoms with van der Waals surface area (Å²) in [7, 11) is 0. The standard InChI is InChI=1S/C19H29N7O2S/c1-18(2)13(14-21-23-24-22-14)25-16(28)12(17(25)29-18)26-15(27)11(20-19(26,3)4)10-8-6-5-7-9-10/h10-13,17,20H,5-9H2,1-4H3,(H,21,22,23,24)/t11?,12?,13?,17-/m0/s1. The van der Waals surface area contributed by atoms with E-state index in [-0.39, 0.29) is 34.0 Å². The quantitative estimate of drug-likeness (QED) is 0.714. The maximum absolute atomic E-state index is 13.5. The highest BCUT2D eigenvalue weighted by Gasteiger charge is 2.68. The topological polar surface area (TPSA) is 107 Å². The highest BCUT2D eigenvalue weighted by Crippen LogP contribution is 2.58. The normalized spacial score (nSPS) is 36.4. The number of aromatic amines is 1. The zero-order chi connectivity index (χ0) is 20.6. The van der Waals surface area contributed by atoms with Gasteiger partial charge in [-0.25, -0.2) is 0 Å². The zero-order valence-electron chi connectivity index (χ0n) is 17.4. The smallest absolute Gasteiger partial charge is 0.250 e. The van der Waals surface area contributed by atoms with Crippen molar-refractivity contribution in [1.29, 1.82) is 0 Å². The number of β-lactam (4-membered cyclic amide) rings is 1. The van der Waals surface area contributed by atoms with Gasteiger partial charge in [0.2, 0.25) is 11.8 Å². The number of H-pyrrole nitrogens is 1. The summed E-state index contributed by atoms with van der Waals surface area (Å²) in [5.41, 5.74) is -0.541. The summed E-state index contributed by atoms with van der Waals surface area (Å²) in [6.07, 6.45) is 5.80. The Bertz CT molecular complexity index is 821. The minimum Gasteiger partial charge on any atom is -0.314 e. The van der Waals surface area contributed by atoms with Crippen LogP contribution in [0.25, 0.3) is 0 Å². The Morgan fingerprint density at radius 2 is 1.79 bits per heavy atom. The Balaban J connectivity index is 1.42. The Morgan fingerprint density at radius 1 is 1.07 bits per heavy atom. The number of hydrogen-bond donors (Lipinski definition) is 2. The molecule has 9 nitrogen and oxygen atoms in total. The molecular formula is C19H29N7O2S. The van der Waals surface area contributed by atoms with Crippen LogP contribution >= 0.6 is 11.8 Å². The molecule has 1 saturated carbocycles. The molecule has 29 heavy (non-hydrogen) atoms. The van der Waals surface area contributed by atoms with Crippen LogP contribution in [0.3, 0.4) is 0 Å². The molecule has 4 heterocycles. The molecule has 4 aliphatic rings. The predicted molar refractivity (Wildman–Crippen MR) is 107 cm³/mol. The number of amides is 2. The molecule has 0 aromatic carbocycles. The number of carbonyl (C=O) groups excluding carboxylic acids is 2. The van der Waals surface area contributed by atoms with Gasteiger partial charge in [0, 0.05) is 4.75 Å². The molecule has 3 unspecified atom stereocenters. The third-order valence-electron chi connectivity index (χ3n) is 7.03. The molecule has 2 amide bonds. The predicted octanol–water partition coefficient (Wildman–Crippen LogP) is 1.42. The van der Waals surface area contributed by atoms with Gasteiger partial charge in [0.05, 0.1) is 11.7 Å². The number of thioether (sulfide) groups is 1. The highest BCUT2D eigenvalue weighted by molar-refractivity contribution is 8.01. The maximum atomic E-state index is 13.5. The van der Waals surface area contributed by atoms with E-state index < -0.39 is 11.7 Å². The molecule has 4 atom stereocenters. The van der Waals surface area contributed by atoms with Crippen LogP contribution in [0.2, 0.25) is 0 Å². The van der Waals surface area contributed by atoms with Crippen molar-refractivity contribution < 1.29 is 9.59 Å². The van der Waals surface area contributed by atoms with Gasteiger partial charge in [-0.05, 0) is 46.5 Å².